The van der Waals surface area contributed by atoms with Crippen LogP contribution in [0.3, 0.4) is 0 Å². The van der Waals surface area contributed by atoms with Gasteiger partial charge in [-0.2, -0.15) is 4.98 Å². The summed E-state index contributed by atoms with van der Waals surface area (Å²) in [4.78, 5) is 11.4. The van der Waals surface area contributed by atoms with Crippen molar-refractivity contribution in [2.75, 3.05) is 32.2 Å². The molecule has 0 amide bonds. The first-order chi connectivity index (χ1) is 13.1. The van der Waals surface area contributed by atoms with Gasteiger partial charge in [0.1, 0.15) is 6.61 Å². The van der Waals surface area contributed by atoms with Gasteiger partial charge in [-0.3, -0.25) is 0 Å². The third-order valence-electron chi connectivity index (χ3n) is 3.98. The molecule has 0 saturated carbocycles. The summed E-state index contributed by atoms with van der Waals surface area (Å²) in [6, 6.07) is 7.87. The number of benzene rings is 1. The second-order valence-electron chi connectivity index (χ2n) is 6.02. The third kappa shape index (κ3) is 5.01. The number of nitrogens with zero attached hydrogens (tertiary/aromatic N) is 2. The molecule has 0 aliphatic rings. The summed E-state index contributed by atoms with van der Waals surface area (Å²) in [5, 5.41) is 4.60. The maximum atomic E-state index is 6.17. The molecule has 3 rings (SSSR count). The van der Waals surface area contributed by atoms with Crippen molar-refractivity contribution < 1.29 is 9.47 Å². The van der Waals surface area contributed by atoms with Gasteiger partial charge in [0.2, 0.25) is 5.28 Å². The number of H-pyrrole nitrogens is 1. The van der Waals surface area contributed by atoms with Crippen molar-refractivity contribution in [2.45, 2.75) is 12.5 Å². The van der Waals surface area contributed by atoms with Gasteiger partial charge in [-0.25, -0.2) is 4.98 Å². The Morgan fingerprint density at radius 2 is 2.04 bits per heavy atom. The molecule has 27 heavy (non-hydrogen) atoms. The number of nitrogens with one attached hydrogen (secondary N) is 2. The quantitative estimate of drug-likeness (QED) is 0.370. The van der Waals surface area contributed by atoms with Crippen LogP contribution < -0.4 is 15.8 Å². The van der Waals surface area contributed by atoms with Crippen LogP contribution in [0.1, 0.15) is 5.56 Å². The van der Waals surface area contributed by atoms with Crippen LogP contribution in [0.5, 0.6) is 5.75 Å². The van der Waals surface area contributed by atoms with E-state index in [1.54, 1.807) is 7.11 Å². The molecule has 0 saturated heterocycles. The number of para-hydroxylation sites is 1. The second kappa shape index (κ2) is 9.23. The predicted octanol–water partition coefficient (Wildman–Crippen LogP) is 3.27. The summed E-state index contributed by atoms with van der Waals surface area (Å²) < 4.78 is 10.7. The highest BCUT2D eigenvalue weighted by atomic mass is 35.5. The number of rotatable bonds is 9. The fourth-order valence-corrected chi connectivity index (χ4v) is 3.19. The number of halogens is 2. The molecule has 0 bridgehead atoms. The van der Waals surface area contributed by atoms with Gasteiger partial charge >= 0.3 is 0 Å². The standard InChI is InChI=1S/C18H21Cl2N5O2/c1-26-9-12(21)10-27-15-16(19)24-18(20)25-17(15)22-7-6-11-8-23-14-5-3-2-4-13(11)14/h2-5,8,12,23H,6-7,9-10,21H2,1H3,(H,22,24,25)/t12-/m0/s1. The number of methoxy groups -OCH3 is 1. The second-order valence-corrected chi connectivity index (χ2v) is 6.72. The number of hydrogen-bond acceptors (Lipinski definition) is 6. The molecule has 0 radical (unpaired) electrons. The van der Waals surface area contributed by atoms with E-state index in [1.807, 2.05) is 24.4 Å². The first-order valence-electron chi connectivity index (χ1n) is 8.47. The van der Waals surface area contributed by atoms with E-state index >= 15 is 0 Å². The molecule has 1 atom stereocenters. The minimum absolute atomic E-state index is 0.0446. The van der Waals surface area contributed by atoms with Gasteiger partial charge in [0.05, 0.1) is 12.6 Å². The maximum Gasteiger partial charge on any atom is 0.226 e. The summed E-state index contributed by atoms with van der Waals surface area (Å²) in [6.45, 7) is 1.21. The van der Waals surface area contributed by atoms with Gasteiger partial charge in [-0.15, -0.1) is 0 Å². The van der Waals surface area contributed by atoms with Crippen molar-refractivity contribution in [1.29, 1.82) is 0 Å². The Balaban J connectivity index is 1.68. The van der Waals surface area contributed by atoms with Crippen LogP contribution in [-0.2, 0) is 11.2 Å². The van der Waals surface area contributed by atoms with Crippen molar-refractivity contribution in [3.8, 4) is 5.75 Å². The van der Waals surface area contributed by atoms with Crippen LogP contribution in [0.15, 0.2) is 30.5 Å². The number of hydrogen-bond donors (Lipinski definition) is 3. The largest absolute Gasteiger partial charge is 0.485 e. The summed E-state index contributed by atoms with van der Waals surface area (Å²) >= 11 is 12.1. The van der Waals surface area contributed by atoms with E-state index in [4.69, 9.17) is 38.4 Å². The molecule has 7 nitrogen and oxygen atoms in total. The van der Waals surface area contributed by atoms with E-state index in [2.05, 4.69) is 26.3 Å². The number of ether oxygens (including phenoxy) is 2. The topological polar surface area (TPSA) is 98.1 Å². The van der Waals surface area contributed by atoms with Gasteiger partial charge in [-0.05, 0) is 29.7 Å². The van der Waals surface area contributed by atoms with Crippen LogP contribution in [0, 0.1) is 0 Å². The number of anilines is 1. The van der Waals surface area contributed by atoms with Crippen molar-refractivity contribution in [3.05, 3.63) is 46.5 Å². The number of aromatic amines is 1. The highest BCUT2D eigenvalue weighted by Gasteiger charge is 2.16. The Kier molecular flexibility index (Phi) is 6.73. The van der Waals surface area contributed by atoms with E-state index in [1.165, 1.54) is 10.9 Å². The van der Waals surface area contributed by atoms with Crippen LogP contribution in [-0.4, -0.2) is 47.9 Å². The zero-order valence-electron chi connectivity index (χ0n) is 14.8. The SMILES string of the molecule is COC[C@H](N)COc1c(Cl)nc(Cl)nc1NCCc1c[nH]c2ccccc12. The molecule has 4 N–H and O–H groups in total. The van der Waals surface area contributed by atoms with Crippen LogP contribution >= 0.6 is 23.2 Å². The van der Waals surface area contributed by atoms with Gasteiger partial charge in [0.25, 0.3) is 0 Å². The molecule has 1 aromatic carbocycles. The molecule has 2 heterocycles. The Morgan fingerprint density at radius 3 is 2.85 bits per heavy atom. The van der Waals surface area contributed by atoms with Gasteiger partial charge in [0.15, 0.2) is 16.7 Å². The normalized spacial score (nSPS) is 12.3. The van der Waals surface area contributed by atoms with E-state index < -0.39 is 0 Å². The summed E-state index contributed by atoms with van der Waals surface area (Å²) in [7, 11) is 1.58. The molecule has 3 aromatic rings. The molecular weight excluding hydrogens is 389 g/mol. The van der Waals surface area contributed by atoms with E-state index in [-0.39, 0.29) is 23.1 Å². The number of aromatic nitrogens is 3. The molecule has 144 valence electrons. The van der Waals surface area contributed by atoms with E-state index in [9.17, 15) is 0 Å². The monoisotopic (exact) mass is 409 g/mol. The first kappa shape index (κ1) is 19.7. The molecule has 9 heteroatoms. The van der Waals surface area contributed by atoms with Gasteiger partial charge in [-0.1, -0.05) is 29.8 Å². The fraction of sp³-hybridized carbons (Fsp3) is 0.333. The summed E-state index contributed by atoms with van der Waals surface area (Å²) in [5.74, 6) is 0.760. The molecule has 0 fully saturated rings. The van der Waals surface area contributed by atoms with Crippen molar-refractivity contribution in [1.82, 2.24) is 15.0 Å². The van der Waals surface area contributed by atoms with Gasteiger partial charge in [0, 0.05) is 30.8 Å². The van der Waals surface area contributed by atoms with Crippen molar-refractivity contribution in [3.63, 3.8) is 0 Å². The Hall–Kier alpha value is -2.06. The van der Waals surface area contributed by atoms with Gasteiger partial charge < -0.3 is 25.5 Å². The molecular formula is C18H21Cl2N5O2. The Labute approximate surface area is 167 Å². The molecule has 0 aliphatic heterocycles. The predicted molar refractivity (Wildman–Crippen MR) is 108 cm³/mol. The average molecular weight is 410 g/mol. The van der Waals surface area contributed by atoms with Crippen molar-refractivity contribution in [2.24, 2.45) is 5.73 Å². The molecule has 0 spiro atoms. The summed E-state index contributed by atoms with van der Waals surface area (Å²) in [5.41, 5.74) is 8.21. The zero-order valence-corrected chi connectivity index (χ0v) is 16.3. The lowest BCUT2D eigenvalue weighted by atomic mass is 10.1. The molecule has 2 aromatic heterocycles. The molecule has 0 aliphatic carbocycles. The lowest BCUT2D eigenvalue weighted by Gasteiger charge is -2.16. The van der Waals surface area contributed by atoms with Crippen LogP contribution in [0.2, 0.25) is 10.4 Å². The number of nitrogens with two attached hydrogens (primary N) is 1. The fourth-order valence-electron chi connectivity index (χ4n) is 2.75. The van der Waals surface area contributed by atoms with Crippen molar-refractivity contribution >= 4 is 39.9 Å². The number of fused-ring (bicyclic) bond motifs is 1. The lowest BCUT2D eigenvalue weighted by Crippen LogP contribution is -2.32. The van der Waals surface area contributed by atoms with Crippen LogP contribution in [0.25, 0.3) is 10.9 Å². The lowest BCUT2D eigenvalue weighted by molar-refractivity contribution is 0.152. The maximum absolute atomic E-state index is 6.17. The minimum atomic E-state index is -0.291. The Morgan fingerprint density at radius 1 is 1.22 bits per heavy atom. The first-order valence-corrected chi connectivity index (χ1v) is 9.23. The minimum Gasteiger partial charge on any atom is -0.485 e. The average Bonchev–Trinajstić information content (AvgIpc) is 3.04. The highest BCUT2D eigenvalue weighted by molar-refractivity contribution is 6.33. The third-order valence-corrected chi connectivity index (χ3v) is 4.41. The highest BCUT2D eigenvalue weighted by Crippen LogP contribution is 2.31. The van der Waals surface area contributed by atoms with E-state index in [0.29, 0.717) is 24.7 Å². The summed E-state index contributed by atoms with van der Waals surface area (Å²) in [6.07, 6.45) is 2.79. The van der Waals surface area contributed by atoms with E-state index in [0.717, 1.165) is 11.9 Å². The zero-order chi connectivity index (χ0) is 19.2. The smallest absolute Gasteiger partial charge is 0.226 e. The van der Waals surface area contributed by atoms with Crippen LogP contribution in [0.4, 0.5) is 5.82 Å². The molecule has 0 unspecified atom stereocenters. The Bertz CT molecular complexity index is 903.